The largest absolute Gasteiger partial charge is 0.454 e. The molecular formula is C14H8BrN3O4S. The molecule has 0 aliphatic carbocycles. The monoisotopic (exact) mass is 393 g/mol. The molecule has 1 aromatic carbocycles. The minimum atomic E-state index is -0.304. The van der Waals surface area contributed by atoms with Gasteiger partial charge in [-0.15, -0.1) is 16.4 Å². The highest BCUT2D eigenvalue weighted by atomic mass is 79.9. The van der Waals surface area contributed by atoms with Crippen molar-refractivity contribution >= 4 is 39.2 Å². The highest BCUT2D eigenvalue weighted by Gasteiger charge is 2.18. The molecule has 116 valence electrons. The Balaban J connectivity index is 1.54. The van der Waals surface area contributed by atoms with Crippen LogP contribution in [0, 0.1) is 0 Å². The lowest BCUT2D eigenvalue weighted by Gasteiger charge is -1.98. The maximum absolute atomic E-state index is 12.0. The number of carbonyl (C=O) groups excluding carboxylic acids is 1. The average molecular weight is 394 g/mol. The molecule has 7 nitrogen and oxygen atoms in total. The summed E-state index contributed by atoms with van der Waals surface area (Å²) in [6.07, 6.45) is 0. The van der Waals surface area contributed by atoms with Gasteiger partial charge in [0.2, 0.25) is 12.7 Å². The summed E-state index contributed by atoms with van der Waals surface area (Å²) in [5, 5.41) is 10.3. The van der Waals surface area contributed by atoms with Crippen LogP contribution >= 0.6 is 27.3 Å². The van der Waals surface area contributed by atoms with E-state index in [1.807, 2.05) is 0 Å². The van der Waals surface area contributed by atoms with Crippen molar-refractivity contribution in [2.24, 2.45) is 0 Å². The van der Waals surface area contributed by atoms with Gasteiger partial charge in [0.15, 0.2) is 11.5 Å². The van der Waals surface area contributed by atoms with E-state index in [0.717, 1.165) is 3.79 Å². The quantitative estimate of drug-likeness (QED) is 0.731. The van der Waals surface area contributed by atoms with Gasteiger partial charge in [-0.2, -0.15) is 0 Å². The van der Waals surface area contributed by atoms with Gasteiger partial charge in [-0.1, -0.05) is 5.10 Å². The summed E-state index contributed by atoms with van der Waals surface area (Å²) in [6.45, 7) is 0.195. The third-order valence-corrected chi connectivity index (χ3v) is 4.68. The summed E-state index contributed by atoms with van der Waals surface area (Å²) in [4.78, 5) is 12.6. The second-order valence-electron chi connectivity index (χ2n) is 4.54. The summed E-state index contributed by atoms with van der Waals surface area (Å²) in [7, 11) is 0. The number of benzene rings is 1. The fourth-order valence-electron chi connectivity index (χ4n) is 2.02. The molecule has 0 atom stereocenters. The van der Waals surface area contributed by atoms with Crippen LogP contribution in [-0.4, -0.2) is 22.9 Å². The normalized spacial score (nSPS) is 12.4. The molecule has 1 N–H and O–H groups in total. The summed E-state index contributed by atoms with van der Waals surface area (Å²) in [5.41, 5.74) is 0.682. The molecule has 1 aliphatic heterocycles. The third-order valence-electron chi connectivity index (χ3n) is 3.06. The molecule has 0 saturated carbocycles. The number of nitrogens with one attached hydrogen (secondary N) is 1. The van der Waals surface area contributed by atoms with E-state index in [-0.39, 0.29) is 24.6 Å². The third kappa shape index (κ3) is 2.80. The van der Waals surface area contributed by atoms with Crippen LogP contribution in [0.3, 0.4) is 0 Å². The van der Waals surface area contributed by atoms with Crippen molar-refractivity contribution in [2.75, 3.05) is 12.1 Å². The maximum Gasteiger partial charge on any atom is 0.322 e. The summed E-state index contributed by atoms with van der Waals surface area (Å²) < 4.78 is 16.9. The van der Waals surface area contributed by atoms with Gasteiger partial charge in [0.25, 0.3) is 5.91 Å². The summed E-state index contributed by atoms with van der Waals surface area (Å²) in [5.74, 6) is 1.27. The van der Waals surface area contributed by atoms with Crippen LogP contribution in [0.15, 0.2) is 38.5 Å². The van der Waals surface area contributed by atoms with Gasteiger partial charge in [0, 0.05) is 5.56 Å². The Labute approximate surface area is 142 Å². The fraction of sp³-hybridized carbons (Fsp3) is 0.0714. The molecular weight excluding hydrogens is 386 g/mol. The van der Waals surface area contributed by atoms with Gasteiger partial charge in [0.05, 0.1) is 8.66 Å². The molecule has 3 aromatic rings. The number of amides is 1. The Bertz CT molecular complexity index is 892. The van der Waals surface area contributed by atoms with Crippen LogP contribution in [0.2, 0.25) is 0 Å². The molecule has 23 heavy (non-hydrogen) atoms. The predicted molar refractivity (Wildman–Crippen MR) is 85.8 cm³/mol. The van der Waals surface area contributed by atoms with Gasteiger partial charge >= 0.3 is 6.01 Å². The van der Waals surface area contributed by atoms with E-state index in [1.54, 1.807) is 30.3 Å². The van der Waals surface area contributed by atoms with Crippen molar-refractivity contribution in [3.63, 3.8) is 0 Å². The molecule has 9 heteroatoms. The number of carbonyl (C=O) groups is 1. The van der Waals surface area contributed by atoms with Crippen molar-refractivity contribution in [3.8, 4) is 23.0 Å². The molecule has 0 unspecified atom stereocenters. The highest BCUT2D eigenvalue weighted by Crippen LogP contribution is 2.35. The zero-order valence-electron chi connectivity index (χ0n) is 11.4. The minimum Gasteiger partial charge on any atom is -0.454 e. The SMILES string of the molecule is O=C(Nc1nnc(-c2ccc3c(c2)OCO3)o1)c1ccc(Br)s1. The number of aromatic nitrogens is 2. The maximum atomic E-state index is 12.0. The van der Waals surface area contributed by atoms with Crippen LogP contribution in [0.1, 0.15) is 9.67 Å². The Morgan fingerprint density at radius 1 is 1.17 bits per heavy atom. The fourth-order valence-corrected chi connectivity index (χ4v) is 3.30. The molecule has 0 saturated heterocycles. The first-order chi connectivity index (χ1) is 11.2. The molecule has 0 radical (unpaired) electrons. The number of hydrogen-bond donors (Lipinski definition) is 1. The topological polar surface area (TPSA) is 86.5 Å². The lowest BCUT2D eigenvalue weighted by molar-refractivity contribution is 0.102. The first kappa shape index (κ1) is 14.2. The van der Waals surface area contributed by atoms with Crippen molar-refractivity contribution < 1.29 is 18.7 Å². The van der Waals surface area contributed by atoms with E-state index in [0.29, 0.717) is 21.9 Å². The van der Waals surface area contributed by atoms with Gasteiger partial charge in [-0.25, -0.2) is 0 Å². The van der Waals surface area contributed by atoms with E-state index in [9.17, 15) is 4.79 Å². The first-order valence-electron chi connectivity index (χ1n) is 6.49. The summed E-state index contributed by atoms with van der Waals surface area (Å²) >= 11 is 4.63. The van der Waals surface area contributed by atoms with Crippen LogP contribution in [-0.2, 0) is 0 Å². The molecule has 0 spiro atoms. The number of rotatable bonds is 3. The van der Waals surface area contributed by atoms with E-state index >= 15 is 0 Å². The Morgan fingerprint density at radius 2 is 2.04 bits per heavy atom. The van der Waals surface area contributed by atoms with Gasteiger partial charge < -0.3 is 13.9 Å². The number of halogens is 1. The first-order valence-corrected chi connectivity index (χ1v) is 8.10. The number of ether oxygens (including phenoxy) is 2. The molecule has 0 bridgehead atoms. The average Bonchev–Trinajstić information content (AvgIpc) is 3.26. The number of anilines is 1. The van der Waals surface area contributed by atoms with Crippen molar-refractivity contribution in [1.82, 2.24) is 10.2 Å². The molecule has 1 aliphatic rings. The van der Waals surface area contributed by atoms with Crippen molar-refractivity contribution in [2.45, 2.75) is 0 Å². The zero-order valence-corrected chi connectivity index (χ0v) is 13.8. The highest BCUT2D eigenvalue weighted by molar-refractivity contribution is 9.11. The van der Waals surface area contributed by atoms with Crippen LogP contribution in [0.25, 0.3) is 11.5 Å². The van der Waals surface area contributed by atoms with E-state index in [2.05, 4.69) is 31.4 Å². The van der Waals surface area contributed by atoms with Gasteiger partial charge in [0.1, 0.15) is 0 Å². The molecule has 2 aromatic heterocycles. The Kier molecular flexibility index (Phi) is 3.50. The molecule has 4 rings (SSSR count). The number of nitrogens with zero attached hydrogens (tertiary/aromatic N) is 2. The van der Waals surface area contributed by atoms with Crippen LogP contribution in [0.4, 0.5) is 6.01 Å². The predicted octanol–water partition coefficient (Wildman–Crippen LogP) is 3.54. The van der Waals surface area contributed by atoms with Crippen molar-refractivity contribution in [3.05, 3.63) is 39.0 Å². The second kappa shape index (κ2) is 5.67. The van der Waals surface area contributed by atoms with E-state index in [4.69, 9.17) is 13.9 Å². The standard InChI is InChI=1S/C14H8BrN3O4S/c15-11-4-3-10(23-11)12(19)16-14-18-17-13(22-14)7-1-2-8-9(5-7)21-6-20-8/h1-5H,6H2,(H,16,18,19). The Hall–Kier alpha value is -2.39. The molecule has 0 fully saturated rings. The molecule has 3 heterocycles. The van der Waals surface area contributed by atoms with Gasteiger partial charge in [-0.3, -0.25) is 10.1 Å². The lowest BCUT2D eigenvalue weighted by Crippen LogP contribution is -2.10. The van der Waals surface area contributed by atoms with Crippen LogP contribution in [0.5, 0.6) is 11.5 Å². The lowest BCUT2D eigenvalue weighted by atomic mass is 10.2. The van der Waals surface area contributed by atoms with Gasteiger partial charge in [-0.05, 0) is 46.3 Å². The van der Waals surface area contributed by atoms with Crippen LogP contribution < -0.4 is 14.8 Å². The Morgan fingerprint density at radius 3 is 2.87 bits per heavy atom. The summed E-state index contributed by atoms with van der Waals surface area (Å²) in [6, 6.07) is 8.83. The van der Waals surface area contributed by atoms with Crippen molar-refractivity contribution in [1.29, 1.82) is 0 Å². The molecule has 1 amide bonds. The number of hydrogen-bond acceptors (Lipinski definition) is 7. The van der Waals surface area contributed by atoms with E-state index < -0.39 is 0 Å². The zero-order chi connectivity index (χ0) is 15.8. The second-order valence-corrected chi connectivity index (χ2v) is 7.00. The minimum absolute atomic E-state index is 0.0344. The number of fused-ring (bicyclic) bond motifs is 1. The van der Waals surface area contributed by atoms with E-state index in [1.165, 1.54) is 11.3 Å². The number of thiophene rings is 1. The smallest absolute Gasteiger partial charge is 0.322 e.